The highest BCUT2D eigenvalue weighted by Gasteiger charge is 2.18. The largest absolute Gasteiger partial charge is 0.297 e. The Bertz CT molecular complexity index is 518. The molecule has 0 saturated carbocycles. The zero-order valence-corrected chi connectivity index (χ0v) is 8.27. The first kappa shape index (κ1) is 8.86. The standard InChI is InChI=1S/C8H11N5O/c1-8(2,3)13-7(14)6-5(4-9-13)10-12-11-6/h4H,1-3H3,(H,10,11,12). The van der Waals surface area contributed by atoms with E-state index in [0.29, 0.717) is 11.0 Å². The molecule has 2 aromatic rings. The minimum Gasteiger partial charge on any atom is -0.265 e. The lowest BCUT2D eigenvalue weighted by Crippen LogP contribution is -2.35. The van der Waals surface area contributed by atoms with Crippen molar-refractivity contribution in [3.63, 3.8) is 0 Å². The van der Waals surface area contributed by atoms with Gasteiger partial charge in [0, 0.05) is 0 Å². The Hall–Kier alpha value is -1.72. The highest BCUT2D eigenvalue weighted by Crippen LogP contribution is 2.09. The molecule has 6 nitrogen and oxygen atoms in total. The van der Waals surface area contributed by atoms with E-state index in [1.165, 1.54) is 10.9 Å². The Balaban J connectivity index is 2.81. The van der Waals surface area contributed by atoms with Gasteiger partial charge >= 0.3 is 0 Å². The van der Waals surface area contributed by atoms with E-state index in [0.717, 1.165) is 0 Å². The molecule has 0 amide bonds. The van der Waals surface area contributed by atoms with Crippen LogP contribution < -0.4 is 5.56 Å². The molecule has 2 rings (SSSR count). The van der Waals surface area contributed by atoms with Crippen molar-refractivity contribution >= 4 is 11.0 Å². The van der Waals surface area contributed by atoms with E-state index in [1.54, 1.807) is 0 Å². The molecule has 14 heavy (non-hydrogen) atoms. The number of nitrogens with zero attached hydrogens (tertiary/aromatic N) is 4. The number of aromatic amines is 1. The minimum absolute atomic E-state index is 0.219. The molecule has 0 aliphatic rings. The molecular formula is C8H11N5O. The Morgan fingerprint density at radius 1 is 1.36 bits per heavy atom. The number of hydrogen-bond donors (Lipinski definition) is 1. The number of hydrogen-bond acceptors (Lipinski definition) is 4. The molecule has 0 bridgehead atoms. The second-order valence-corrected chi connectivity index (χ2v) is 4.09. The summed E-state index contributed by atoms with van der Waals surface area (Å²) in [6.45, 7) is 5.73. The van der Waals surface area contributed by atoms with Crippen molar-refractivity contribution in [3.05, 3.63) is 16.6 Å². The maximum Gasteiger partial charge on any atom is 0.297 e. The zero-order valence-electron chi connectivity index (χ0n) is 8.27. The van der Waals surface area contributed by atoms with Gasteiger partial charge in [-0.05, 0) is 20.8 Å². The Kier molecular flexibility index (Phi) is 1.67. The normalized spacial score (nSPS) is 12.2. The van der Waals surface area contributed by atoms with Gasteiger partial charge in [-0.15, -0.1) is 0 Å². The van der Waals surface area contributed by atoms with Gasteiger partial charge in [0.2, 0.25) is 0 Å². The molecule has 0 atom stereocenters. The average Bonchev–Trinajstić information content (AvgIpc) is 2.50. The van der Waals surface area contributed by atoms with E-state index in [1.807, 2.05) is 20.8 Å². The van der Waals surface area contributed by atoms with Crippen molar-refractivity contribution in [1.29, 1.82) is 0 Å². The lowest BCUT2D eigenvalue weighted by atomic mass is 10.1. The van der Waals surface area contributed by atoms with Gasteiger partial charge in [-0.3, -0.25) is 4.79 Å². The summed E-state index contributed by atoms with van der Waals surface area (Å²) in [4.78, 5) is 11.8. The fourth-order valence-corrected chi connectivity index (χ4v) is 1.23. The van der Waals surface area contributed by atoms with Crippen LogP contribution in [-0.2, 0) is 5.54 Å². The van der Waals surface area contributed by atoms with Crippen LogP contribution in [0.4, 0.5) is 0 Å². The Labute approximate surface area is 79.9 Å². The molecule has 0 unspecified atom stereocenters. The molecule has 0 aliphatic heterocycles. The molecule has 2 heterocycles. The first-order chi connectivity index (χ1) is 6.50. The predicted molar refractivity (Wildman–Crippen MR) is 50.9 cm³/mol. The van der Waals surface area contributed by atoms with Crippen LogP contribution in [0, 0.1) is 0 Å². The third-order valence-corrected chi connectivity index (χ3v) is 1.90. The molecule has 0 saturated heterocycles. The first-order valence-corrected chi connectivity index (χ1v) is 4.29. The summed E-state index contributed by atoms with van der Waals surface area (Å²) in [7, 11) is 0. The van der Waals surface area contributed by atoms with Gasteiger partial charge in [0.25, 0.3) is 5.56 Å². The fourth-order valence-electron chi connectivity index (χ4n) is 1.23. The quantitative estimate of drug-likeness (QED) is 0.651. The monoisotopic (exact) mass is 193 g/mol. The van der Waals surface area contributed by atoms with Gasteiger partial charge in [-0.1, -0.05) is 0 Å². The summed E-state index contributed by atoms with van der Waals surface area (Å²) < 4.78 is 1.40. The Morgan fingerprint density at radius 3 is 2.71 bits per heavy atom. The smallest absolute Gasteiger partial charge is 0.265 e. The van der Waals surface area contributed by atoms with Crippen LogP contribution in [0.1, 0.15) is 20.8 Å². The van der Waals surface area contributed by atoms with Crippen LogP contribution in [-0.4, -0.2) is 25.2 Å². The second kappa shape index (κ2) is 2.63. The maximum absolute atomic E-state index is 11.8. The molecule has 2 aromatic heterocycles. The van der Waals surface area contributed by atoms with Crippen molar-refractivity contribution in [2.24, 2.45) is 0 Å². The lowest BCUT2D eigenvalue weighted by molar-refractivity contribution is 0.340. The highest BCUT2D eigenvalue weighted by atomic mass is 16.1. The highest BCUT2D eigenvalue weighted by molar-refractivity contribution is 5.70. The van der Waals surface area contributed by atoms with Gasteiger partial charge < -0.3 is 0 Å². The van der Waals surface area contributed by atoms with Crippen LogP contribution in [0.15, 0.2) is 11.0 Å². The van der Waals surface area contributed by atoms with Crippen molar-refractivity contribution < 1.29 is 0 Å². The van der Waals surface area contributed by atoms with E-state index in [4.69, 9.17) is 0 Å². The van der Waals surface area contributed by atoms with Crippen LogP contribution in [0.25, 0.3) is 11.0 Å². The summed E-state index contributed by atoms with van der Waals surface area (Å²) in [6, 6.07) is 0. The van der Waals surface area contributed by atoms with E-state index in [9.17, 15) is 4.79 Å². The van der Waals surface area contributed by atoms with Gasteiger partial charge in [0.1, 0.15) is 5.52 Å². The summed E-state index contributed by atoms with van der Waals surface area (Å²) in [5, 5.41) is 14.0. The minimum atomic E-state index is -0.343. The van der Waals surface area contributed by atoms with Crippen LogP contribution in [0.2, 0.25) is 0 Å². The molecule has 6 heteroatoms. The van der Waals surface area contributed by atoms with Gasteiger partial charge in [-0.2, -0.15) is 20.5 Å². The molecular weight excluding hydrogens is 182 g/mol. The summed E-state index contributed by atoms with van der Waals surface area (Å²) in [5.41, 5.74) is 0.263. The summed E-state index contributed by atoms with van der Waals surface area (Å²) in [6.07, 6.45) is 1.53. The van der Waals surface area contributed by atoms with Crippen molar-refractivity contribution in [1.82, 2.24) is 25.2 Å². The van der Waals surface area contributed by atoms with E-state index in [-0.39, 0.29) is 11.1 Å². The molecule has 1 N–H and O–H groups in total. The lowest BCUT2D eigenvalue weighted by Gasteiger charge is -2.19. The predicted octanol–water partition coefficient (Wildman–Crippen LogP) is 0.270. The van der Waals surface area contributed by atoms with Crippen LogP contribution in [0.5, 0.6) is 0 Å². The summed E-state index contributed by atoms with van der Waals surface area (Å²) in [5.74, 6) is 0. The second-order valence-electron chi connectivity index (χ2n) is 4.09. The molecule has 0 aromatic carbocycles. The number of rotatable bonds is 0. The van der Waals surface area contributed by atoms with Crippen molar-refractivity contribution in [2.45, 2.75) is 26.3 Å². The van der Waals surface area contributed by atoms with E-state index < -0.39 is 0 Å². The van der Waals surface area contributed by atoms with Crippen LogP contribution >= 0.6 is 0 Å². The molecule has 0 radical (unpaired) electrons. The first-order valence-electron chi connectivity index (χ1n) is 4.29. The number of aromatic nitrogens is 5. The van der Waals surface area contributed by atoms with Gasteiger partial charge in [-0.25, -0.2) is 4.68 Å². The molecule has 74 valence electrons. The average molecular weight is 193 g/mol. The maximum atomic E-state index is 11.8. The topological polar surface area (TPSA) is 76.5 Å². The molecule has 0 aliphatic carbocycles. The van der Waals surface area contributed by atoms with E-state index in [2.05, 4.69) is 20.5 Å². The zero-order chi connectivity index (χ0) is 10.3. The number of nitrogens with one attached hydrogen (secondary N) is 1. The van der Waals surface area contributed by atoms with Gasteiger partial charge in [0.05, 0.1) is 11.7 Å². The molecule has 0 spiro atoms. The van der Waals surface area contributed by atoms with Crippen molar-refractivity contribution in [3.8, 4) is 0 Å². The number of H-pyrrole nitrogens is 1. The SMILES string of the molecule is CC(C)(C)n1ncc2n[nH]nc2c1=O. The third kappa shape index (κ3) is 1.19. The third-order valence-electron chi connectivity index (χ3n) is 1.90. The van der Waals surface area contributed by atoms with Gasteiger partial charge in [0.15, 0.2) is 5.52 Å². The molecule has 0 fully saturated rings. The van der Waals surface area contributed by atoms with E-state index >= 15 is 0 Å². The fraction of sp³-hybridized carbons (Fsp3) is 0.500. The summed E-state index contributed by atoms with van der Waals surface area (Å²) >= 11 is 0. The number of fused-ring (bicyclic) bond motifs is 1. The van der Waals surface area contributed by atoms with Crippen molar-refractivity contribution in [2.75, 3.05) is 0 Å². The Morgan fingerprint density at radius 2 is 2.07 bits per heavy atom. The van der Waals surface area contributed by atoms with Crippen LogP contribution in [0.3, 0.4) is 0 Å².